The van der Waals surface area contributed by atoms with Crippen LogP contribution in [-0.2, 0) is 9.53 Å². The van der Waals surface area contributed by atoms with Crippen LogP contribution < -0.4 is 10.5 Å². The Morgan fingerprint density at radius 3 is 2.56 bits per heavy atom. The van der Waals surface area contributed by atoms with E-state index in [1.807, 2.05) is 32.0 Å². The fourth-order valence-corrected chi connectivity index (χ4v) is 1.59. The molecule has 0 aromatic heterocycles. The predicted molar refractivity (Wildman–Crippen MR) is 70.5 cm³/mol. The minimum absolute atomic E-state index is 0.0963. The van der Waals surface area contributed by atoms with Gasteiger partial charge in [-0.3, -0.25) is 0 Å². The van der Waals surface area contributed by atoms with Gasteiger partial charge in [-0.05, 0) is 33.8 Å². The normalized spacial score (nSPS) is 12.3. The Morgan fingerprint density at radius 2 is 2.00 bits per heavy atom. The summed E-state index contributed by atoms with van der Waals surface area (Å²) in [6, 6.07) is 5.58. The molecule has 1 aromatic rings. The molecule has 0 aliphatic carbocycles. The van der Waals surface area contributed by atoms with E-state index in [9.17, 15) is 4.79 Å². The van der Waals surface area contributed by atoms with Crippen molar-refractivity contribution in [3.8, 4) is 5.75 Å². The van der Waals surface area contributed by atoms with E-state index in [0.29, 0.717) is 5.75 Å². The maximum Gasteiger partial charge on any atom is 0.344 e. The molecule has 0 bridgehead atoms. The molecule has 0 aliphatic heterocycles. The fraction of sp³-hybridized carbons (Fsp3) is 0.500. The molecule has 4 nitrogen and oxygen atoms in total. The van der Waals surface area contributed by atoms with E-state index in [-0.39, 0.29) is 24.7 Å². The average molecular weight is 251 g/mol. The van der Waals surface area contributed by atoms with Gasteiger partial charge in [0.2, 0.25) is 0 Å². The standard InChI is InChI=1S/C14H21NO3/c1-9(2)18-14(16)8-17-13-6-5-10(3)7-12(13)11(4)15/h5-7,9,11H,8,15H2,1-4H3/t11-/m0/s1. The third-order valence-electron chi connectivity index (χ3n) is 2.37. The van der Waals surface area contributed by atoms with Crippen LogP contribution in [0.25, 0.3) is 0 Å². The summed E-state index contributed by atoms with van der Waals surface area (Å²) in [5.41, 5.74) is 7.88. The van der Waals surface area contributed by atoms with Crippen molar-refractivity contribution in [2.75, 3.05) is 6.61 Å². The van der Waals surface area contributed by atoms with Gasteiger partial charge in [-0.15, -0.1) is 0 Å². The number of hydrogen-bond donors (Lipinski definition) is 1. The predicted octanol–water partition coefficient (Wildman–Crippen LogP) is 2.35. The molecule has 1 rings (SSSR count). The molecule has 0 spiro atoms. The second kappa shape index (κ2) is 6.40. The van der Waals surface area contributed by atoms with Crippen molar-refractivity contribution < 1.29 is 14.3 Å². The van der Waals surface area contributed by atoms with Crippen LogP contribution in [0.1, 0.15) is 37.9 Å². The second-order valence-corrected chi connectivity index (χ2v) is 4.66. The summed E-state index contributed by atoms with van der Waals surface area (Å²) in [6.07, 6.45) is -0.132. The first-order valence-corrected chi connectivity index (χ1v) is 6.08. The summed E-state index contributed by atoms with van der Waals surface area (Å²) < 4.78 is 10.5. The highest BCUT2D eigenvalue weighted by Gasteiger charge is 2.11. The molecule has 1 atom stereocenters. The highest BCUT2D eigenvalue weighted by atomic mass is 16.6. The largest absolute Gasteiger partial charge is 0.482 e. The average Bonchev–Trinajstić information content (AvgIpc) is 2.26. The monoisotopic (exact) mass is 251 g/mol. The summed E-state index contributed by atoms with van der Waals surface area (Å²) in [5, 5.41) is 0. The van der Waals surface area contributed by atoms with E-state index in [4.69, 9.17) is 15.2 Å². The van der Waals surface area contributed by atoms with Crippen LogP contribution in [-0.4, -0.2) is 18.7 Å². The van der Waals surface area contributed by atoms with E-state index in [1.165, 1.54) is 0 Å². The summed E-state index contributed by atoms with van der Waals surface area (Å²) in [6.45, 7) is 7.38. The van der Waals surface area contributed by atoms with Gasteiger partial charge in [-0.2, -0.15) is 0 Å². The number of carbonyl (C=O) groups excluding carboxylic acids is 1. The Hall–Kier alpha value is -1.55. The molecule has 0 aliphatic rings. The van der Waals surface area contributed by atoms with Crippen molar-refractivity contribution in [3.63, 3.8) is 0 Å². The quantitative estimate of drug-likeness (QED) is 0.816. The zero-order valence-electron chi connectivity index (χ0n) is 11.4. The van der Waals surface area contributed by atoms with Crippen molar-refractivity contribution in [2.45, 2.75) is 39.8 Å². The van der Waals surface area contributed by atoms with Gasteiger partial charge >= 0.3 is 5.97 Å². The van der Waals surface area contributed by atoms with E-state index >= 15 is 0 Å². The third kappa shape index (κ3) is 4.37. The molecule has 4 heteroatoms. The lowest BCUT2D eigenvalue weighted by Gasteiger charge is -2.15. The first-order chi connectivity index (χ1) is 8.40. The summed E-state index contributed by atoms with van der Waals surface area (Å²) >= 11 is 0. The number of carbonyl (C=O) groups is 1. The van der Waals surface area contributed by atoms with Gasteiger partial charge in [-0.1, -0.05) is 17.7 Å². The maximum absolute atomic E-state index is 11.4. The van der Waals surface area contributed by atoms with E-state index < -0.39 is 0 Å². The Balaban J connectivity index is 2.70. The molecular weight excluding hydrogens is 230 g/mol. The van der Waals surface area contributed by atoms with Gasteiger partial charge in [-0.25, -0.2) is 4.79 Å². The maximum atomic E-state index is 11.4. The number of rotatable bonds is 5. The summed E-state index contributed by atoms with van der Waals surface area (Å²) in [4.78, 5) is 11.4. The molecule has 1 aromatic carbocycles. The van der Waals surface area contributed by atoms with Crippen LogP contribution in [0.15, 0.2) is 18.2 Å². The molecular formula is C14H21NO3. The van der Waals surface area contributed by atoms with Crippen molar-refractivity contribution in [1.29, 1.82) is 0 Å². The van der Waals surface area contributed by atoms with Crippen molar-refractivity contribution >= 4 is 5.97 Å². The molecule has 0 radical (unpaired) electrons. The Morgan fingerprint density at radius 1 is 1.33 bits per heavy atom. The van der Waals surface area contributed by atoms with E-state index in [2.05, 4.69) is 0 Å². The molecule has 18 heavy (non-hydrogen) atoms. The summed E-state index contributed by atoms with van der Waals surface area (Å²) in [5.74, 6) is 0.262. The SMILES string of the molecule is Cc1ccc(OCC(=O)OC(C)C)c([C@H](C)N)c1. The molecule has 2 N–H and O–H groups in total. The van der Waals surface area contributed by atoms with Gasteiger partial charge in [0.05, 0.1) is 6.10 Å². The van der Waals surface area contributed by atoms with Crippen molar-refractivity contribution in [1.82, 2.24) is 0 Å². The van der Waals surface area contributed by atoms with Crippen LogP contribution in [0.3, 0.4) is 0 Å². The first kappa shape index (κ1) is 14.5. The lowest BCUT2D eigenvalue weighted by Crippen LogP contribution is -2.19. The number of ether oxygens (including phenoxy) is 2. The highest BCUT2D eigenvalue weighted by Crippen LogP contribution is 2.24. The van der Waals surface area contributed by atoms with Crippen molar-refractivity contribution in [3.05, 3.63) is 29.3 Å². The van der Waals surface area contributed by atoms with Gasteiger partial charge in [0.25, 0.3) is 0 Å². The molecule has 0 unspecified atom stereocenters. The Labute approximate surface area is 108 Å². The van der Waals surface area contributed by atoms with Gasteiger partial charge in [0, 0.05) is 11.6 Å². The first-order valence-electron chi connectivity index (χ1n) is 6.08. The highest BCUT2D eigenvalue weighted by molar-refractivity contribution is 5.71. The zero-order valence-corrected chi connectivity index (χ0v) is 11.4. The minimum Gasteiger partial charge on any atom is -0.482 e. The number of esters is 1. The number of benzene rings is 1. The molecule has 0 fully saturated rings. The molecule has 0 heterocycles. The summed E-state index contributed by atoms with van der Waals surface area (Å²) in [7, 11) is 0. The van der Waals surface area contributed by atoms with Crippen molar-refractivity contribution in [2.24, 2.45) is 5.73 Å². The molecule has 100 valence electrons. The second-order valence-electron chi connectivity index (χ2n) is 4.66. The van der Waals surface area contributed by atoms with Crippen LogP contribution >= 0.6 is 0 Å². The number of nitrogens with two attached hydrogens (primary N) is 1. The Kier molecular flexibility index (Phi) is 5.16. The lowest BCUT2D eigenvalue weighted by molar-refractivity contribution is -0.149. The number of aryl methyl sites for hydroxylation is 1. The number of hydrogen-bond acceptors (Lipinski definition) is 4. The third-order valence-corrected chi connectivity index (χ3v) is 2.37. The van der Waals surface area contributed by atoms with Gasteiger partial charge in [0.15, 0.2) is 6.61 Å². The minimum atomic E-state index is -0.374. The van der Waals surface area contributed by atoms with Crippen LogP contribution in [0.2, 0.25) is 0 Å². The van der Waals surface area contributed by atoms with Gasteiger partial charge < -0.3 is 15.2 Å². The van der Waals surface area contributed by atoms with E-state index in [1.54, 1.807) is 13.8 Å². The zero-order chi connectivity index (χ0) is 13.7. The van der Waals surface area contributed by atoms with E-state index in [0.717, 1.165) is 11.1 Å². The van der Waals surface area contributed by atoms with Crippen LogP contribution in [0.4, 0.5) is 0 Å². The van der Waals surface area contributed by atoms with Gasteiger partial charge in [0.1, 0.15) is 5.75 Å². The lowest BCUT2D eigenvalue weighted by atomic mass is 10.1. The molecule has 0 amide bonds. The smallest absolute Gasteiger partial charge is 0.344 e. The van der Waals surface area contributed by atoms with Crippen LogP contribution in [0.5, 0.6) is 5.75 Å². The Bertz CT molecular complexity index is 414. The molecule has 0 saturated carbocycles. The molecule has 0 saturated heterocycles. The topological polar surface area (TPSA) is 61.5 Å². The fourth-order valence-electron chi connectivity index (χ4n) is 1.59. The van der Waals surface area contributed by atoms with Crippen LogP contribution in [0, 0.1) is 6.92 Å².